The number of benzene rings is 2. The van der Waals surface area contributed by atoms with Crippen molar-refractivity contribution >= 4 is 30.0 Å². The van der Waals surface area contributed by atoms with E-state index < -0.39 is 12.0 Å². The summed E-state index contributed by atoms with van der Waals surface area (Å²) in [6, 6.07) is 12.9. The van der Waals surface area contributed by atoms with E-state index in [2.05, 4.69) is 26.9 Å². The molecule has 0 aliphatic rings. The molecule has 11 heteroatoms. The molecule has 8 nitrogen and oxygen atoms in total. The summed E-state index contributed by atoms with van der Waals surface area (Å²) in [6.45, 7) is 6.92. The minimum Gasteiger partial charge on any atom is -0.738 e. The number of carbonyl (C=O) groups is 1. The van der Waals surface area contributed by atoms with Gasteiger partial charge >= 0.3 is 59.1 Å². The molecule has 0 saturated carbocycles. The second-order valence-electron chi connectivity index (χ2n) is 7.18. The number of carbonyl (C=O) groups excluding carboxylic acids is 1. The van der Waals surface area contributed by atoms with Crippen LogP contribution in [0, 0.1) is 13.8 Å². The molecule has 0 spiro atoms. The largest absolute Gasteiger partial charge is 1.00 e. The van der Waals surface area contributed by atoms with Gasteiger partial charge in [0.2, 0.25) is 0 Å². The molecule has 2 aromatic carbocycles. The van der Waals surface area contributed by atoms with Crippen molar-refractivity contribution in [2.45, 2.75) is 38.4 Å². The number of hydrogen-bond donors (Lipinski definition) is 1. The number of rotatable bonds is 9. The Morgan fingerprint density at radius 1 is 1.22 bits per heavy atom. The van der Waals surface area contributed by atoms with Crippen molar-refractivity contribution in [3.63, 3.8) is 0 Å². The van der Waals surface area contributed by atoms with Gasteiger partial charge in [0.1, 0.15) is 0 Å². The first kappa shape index (κ1) is 28.8. The number of tetrazole rings is 1. The Labute approximate surface area is 238 Å². The first-order valence-corrected chi connectivity index (χ1v) is 10.1. The van der Waals surface area contributed by atoms with E-state index in [1.807, 2.05) is 55.1 Å². The minimum atomic E-state index is -1.09. The zero-order chi connectivity index (χ0) is 21.7. The average Bonchev–Trinajstić information content (AvgIpc) is 3.14. The predicted molar refractivity (Wildman–Crippen MR) is 116 cm³/mol. The SMILES string of the molecule is Cc1ccc(N(CCCNc2cccc(-n3nnnc3[S-])c2)C(C)C(=O)[O-])c(C)c1.[Na+].[Na+]. The van der Waals surface area contributed by atoms with Crippen LogP contribution in [-0.4, -0.2) is 45.3 Å². The first-order chi connectivity index (χ1) is 14.4. The Kier molecular flexibility index (Phi) is 12.2. The molecular formula is C21H24N6Na2O2S. The summed E-state index contributed by atoms with van der Waals surface area (Å²) in [5.41, 5.74) is 4.78. The molecule has 0 amide bonds. The summed E-state index contributed by atoms with van der Waals surface area (Å²) in [5.74, 6) is -1.09. The standard InChI is InChI=1S/C21H26N6O2S.2Na/c1-14-8-9-19(15(2)12-14)26(16(3)20(28)29)11-5-10-22-17-6-4-7-18(13-17)27-21(30)23-24-25-27;;/h4,6-9,12-13,16,22H,5,10-11H2,1-3H3,(H,28,29)(H,23,25,30);;/q;2*+1/p-2. The molecule has 0 fully saturated rings. The van der Waals surface area contributed by atoms with Crippen molar-refractivity contribution in [2.75, 3.05) is 23.3 Å². The number of carboxylic acid groups (broad SMARTS) is 1. The number of carboxylic acids is 1. The molecule has 3 rings (SSSR count). The zero-order valence-electron chi connectivity index (χ0n) is 19.2. The van der Waals surface area contributed by atoms with Gasteiger partial charge in [0.25, 0.3) is 0 Å². The summed E-state index contributed by atoms with van der Waals surface area (Å²) in [4.78, 5) is 13.4. The van der Waals surface area contributed by atoms with Crippen LogP contribution in [0.1, 0.15) is 24.5 Å². The van der Waals surface area contributed by atoms with Crippen molar-refractivity contribution in [3.05, 3.63) is 53.6 Å². The molecule has 1 unspecified atom stereocenters. The van der Waals surface area contributed by atoms with Crippen LogP contribution in [0.25, 0.3) is 5.69 Å². The number of hydrogen-bond acceptors (Lipinski definition) is 8. The average molecular weight is 471 g/mol. The molecule has 0 aliphatic heterocycles. The van der Waals surface area contributed by atoms with Crippen LogP contribution >= 0.6 is 0 Å². The van der Waals surface area contributed by atoms with Crippen molar-refractivity contribution in [3.8, 4) is 5.69 Å². The molecule has 0 aliphatic carbocycles. The Hall–Kier alpha value is -1.20. The van der Waals surface area contributed by atoms with Gasteiger partial charge in [-0.1, -0.05) is 23.8 Å². The fourth-order valence-corrected chi connectivity index (χ4v) is 3.53. The summed E-state index contributed by atoms with van der Waals surface area (Å²) in [5, 5.41) is 26.4. The zero-order valence-corrected chi connectivity index (χ0v) is 24.0. The number of nitrogens with zero attached hydrogens (tertiary/aromatic N) is 5. The third-order valence-corrected chi connectivity index (χ3v) is 5.16. The van der Waals surface area contributed by atoms with Crippen LogP contribution < -0.4 is 74.4 Å². The quantitative estimate of drug-likeness (QED) is 0.190. The van der Waals surface area contributed by atoms with Gasteiger partial charge < -0.3 is 32.7 Å². The minimum absolute atomic E-state index is 0. The van der Waals surface area contributed by atoms with E-state index in [-0.39, 0.29) is 59.1 Å². The normalized spacial score (nSPS) is 11.1. The molecule has 32 heavy (non-hydrogen) atoms. The third kappa shape index (κ3) is 7.41. The number of aromatic nitrogens is 4. The van der Waals surface area contributed by atoms with E-state index in [9.17, 15) is 9.90 Å². The maximum atomic E-state index is 11.5. The van der Waals surface area contributed by atoms with Crippen LogP contribution in [0.15, 0.2) is 47.6 Å². The fourth-order valence-electron chi connectivity index (χ4n) is 3.35. The summed E-state index contributed by atoms with van der Waals surface area (Å²) in [6.07, 6.45) is 0.742. The van der Waals surface area contributed by atoms with E-state index in [4.69, 9.17) is 12.6 Å². The van der Waals surface area contributed by atoms with Gasteiger partial charge in [0.05, 0.1) is 17.7 Å². The monoisotopic (exact) mass is 470 g/mol. The molecule has 0 radical (unpaired) electrons. The maximum absolute atomic E-state index is 11.5. The number of aryl methyl sites for hydroxylation is 2. The second-order valence-corrected chi connectivity index (χ2v) is 7.55. The van der Waals surface area contributed by atoms with E-state index in [0.717, 1.165) is 34.6 Å². The van der Waals surface area contributed by atoms with Gasteiger partial charge in [-0.15, -0.1) is 5.10 Å². The molecule has 1 atom stereocenters. The molecular weight excluding hydrogens is 446 g/mol. The molecule has 1 N–H and O–H groups in total. The summed E-state index contributed by atoms with van der Waals surface area (Å²) in [7, 11) is 0. The Bertz CT molecular complexity index is 1030. The third-order valence-electron chi connectivity index (χ3n) is 4.91. The molecule has 3 aromatic rings. The van der Waals surface area contributed by atoms with Crippen LogP contribution in [-0.2, 0) is 17.4 Å². The fraction of sp³-hybridized carbons (Fsp3) is 0.333. The Morgan fingerprint density at radius 3 is 2.59 bits per heavy atom. The van der Waals surface area contributed by atoms with E-state index in [0.29, 0.717) is 18.2 Å². The molecule has 1 heterocycles. The van der Waals surface area contributed by atoms with Crippen molar-refractivity contribution in [2.24, 2.45) is 0 Å². The molecule has 1 aromatic heterocycles. The van der Waals surface area contributed by atoms with Crippen LogP contribution in [0.4, 0.5) is 11.4 Å². The molecule has 158 valence electrons. The van der Waals surface area contributed by atoms with Crippen LogP contribution in [0.5, 0.6) is 0 Å². The first-order valence-electron chi connectivity index (χ1n) is 9.71. The second kappa shape index (κ2) is 13.5. The summed E-state index contributed by atoms with van der Waals surface area (Å²) < 4.78 is 1.49. The Balaban J connectivity index is 0.00000256. The van der Waals surface area contributed by atoms with Gasteiger partial charge in [-0.25, -0.2) is 4.68 Å². The predicted octanol–water partition coefficient (Wildman–Crippen LogP) is -4.36. The topological polar surface area (TPSA) is 99.0 Å². The Morgan fingerprint density at radius 2 is 1.97 bits per heavy atom. The van der Waals surface area contributed by atoms with Crippen LogP contribution in [0.3, 0.4) is 0 Å². The van der Waals surface area contributed by atoms with Crippen molar-refractivity contribution in [1.82, 2.24) is 20.2 Å². The smallest absolute Gasteiger partial charge is 0.738 e. The van der Waals surface area contributed by atoms with Crippen molar-refractivity contribution < 1.29 is 69.0 Å². The molecule has 0 saturated heterocycles. The maximum Gasteiger partial charge on any atom is 1.00 e. The van der Waals surface area contributed by atoms with E-state index >= 15 is 0 Å². The van der Waals surface area contributed by atoms with Gasteiger partial charge in [-0.05, 0) is 67.4 Å². The summed E-state index contributed by atoms with van der Waals surface area (Å²) >= 11 is 5.10. The van der Waals surface area contributed by atoms with Gasteiger partial charge in [0, 0.05) is 29.6 Å². The van der Waals surface area contributed by atoms with E-state index in [1.54, 1.807) is 6.92 Å². The van der Waals surface area contributed by atoms with Crippen molar-refractivity contribution in [1.29, 1.82) is 0 Å². The number of anilines is 2. The van der Waals surface area contributed by atoms with Gasteiger partial charge in [-0.3, -0.25) is 0 Å². The van der Waals surface area contributed by atoms with E-state index in [1.165, 1.54) is 4.68 Å². The number of aliphatic carboxylic acids is 1. The number of nitrogens with one attached hydrogen (secondary N) is 1. The molecule has 0 bridgehead atoms. The van der Waals surface area contributed by atoms with Gasteiger partial charge in [0.15, 0.2) is 0 Å². The van der Waals surface area contributed by atoms with Crippen LogP contribution in [0.2, 0.25) is 0 Å². The van der Waals surface area contributed by atoms with Gasteiger partial charge in [-0.2, -0.15) is 0 Å².